The predicted octanol–water partition coefficient (Wildman–Crippen LogP) is 7.46. The van der Waals surface area contributed by atoms with E-state index >= 15 is 0 Å². The van der Waals surface area contributed by atoms with E-state index in [-0.39, 0.29) is 22.7 Å². The zero-order valence-corrected chi connectivity index (χ0v) is 24.9. The van der Waals surface area contributed by atoms with Gasteiger partial charge in [0.25, 0.3) is 0 Å². The lowest BCUT2D eigenvalue weighted by Gasteiger charge is -2.37. The van der Waals surface area contributed by atoms with Crippen molar-refractivity contribution in [3.8, 4) is 5.75 Å². The number of unbranched alkanes of at least 4 members (excludes halogenated alkanes) is 2. The summed E-state index contributed by atoms with van der Waals surface area (Å²) < 4.78 is 38.9. The Morgan fingerprint density at radius 2 is 1.74 bits per heavy atom. The molecular weight excluding hydrogens is 518 g/mol. The molecule has 0 bridgehead atoms. The van der Waals surface area contributed by atoms with Gasteiger partial charge in [-0.15, -0.1) is 11.8 Å². The van der Waals surface area contributed by atoms with Gasteiger partial charge in [-0.1, -0.05) is 57.2 Å². The molecule has 6 nitrogen and oxygen atoms in total. The molecule has 0 amide bonds. The molecule has 208 valence electrons. The molecule has 3 rings (SSSR count). The van der Waals surface area contributed by atoms with E-state index in [1.165, 1.54) is 24.1 Å². The van der Waals surface area contributed by atoms with Crippen LogP contribution < -0.4 is 9.64 Å². The lowest BCUT2D eigenvalue weighted by Crippen LogP contribution is -2.38. The lowest BCUT2D eigenvalue weighted by atomic mass is 9.79. The van der Waals surface area contributed by atoms with Crippen LogP contribution in [0.3, 0.4) is 0 Å². The average Bonchev–Trinajstić information content (AvgIpc) is 2.98. The molecule has 0 N–H and O–H groups in total. The number of aryl methyl sites for hydroxylation is 1. The Morgan fingerprint density at radius 3 is 2.32 bits per heavy atom. The third-order valence-corrected chi connectivity index (χ3v) is 9.76. The molecule has 0 saturated carbocycles. The van der Waals surface area contributed by atoms with Crippen LogP contribution in [0.4, 0.5) is 11.4 Å². The summed E-state index contributed by atoms with van der Waals surface area (Å²) in [5, 5.41) is 0. The fourth-order valence-electron chi connectivity index (χ4n) is 5.03. The summed E-state index contributed by atoms with van der Waals surface area (Å²) in [5.74, 6) is -0.00637. The molecule has 2 aromatic rings. The predicted molar refractivity (Wildman–Crippen MR) is 156 cm³/mol. The second kappa shape index (κ2) is 13.6. The summed E-state index contributed by atoms with van der Waals surface area (Å²) in [6, 6.07) is 11.8. The largest absolute Gasteiger partial charge is 0.464 e. The summed E-state index contributed by atoms with van der Waals surface area (Å²) in [7, 11) is -3.64. The van der Waals surface area contributed by atoms with Gasteiger partial charge in [-0.3, -0.25) is 0 Å². The second-order valence-corrected chi connectivity index (χ2v) is 12.8. The summed E-state index contributed by atoms with van der Waals surface area (Å²) in [4.78, 5) is 15.0. The number of ether oxygens (including phenoxy) is 2. The zero-order valence-electron chi connectivity index (χ0n) is 23.3. The molecule has 8 heteroatoms. The van der Waals surface area contributed by atoms with Crippen molar-refractivity contribution in [1.82, 2.24) is 0 Å². The topological polar surface area (TPSA) is 72.9 Å². The number of anilines is 2. The molecule has 0 unspecified atom stereocenters. The monoisotopic (exact) mass is 559 g/mol. The number of fused-ring (bicyclic) bond motifs is 1. The van der Waals surface area contributed by atoms with Crippen molar-refractivity contribution in [1.29, 1.82) is 0 Å². The highest BCUT2D eigenvalue weighted by Gasteiger charge is 2.42. The van der Waals surface area contributed by atoms with E-state index in [0.717, 1.165) is 54.7 Å². The van der Waals surface area contributed by atoms with Gasteiger partial charge < -0.3 is 14.4 Å². The third kappa shape index (κ3) is 7.35. The minimum Gasteiger partial charge on any atom is -0.464 e. The van der Waals surface area contributed by atoms with Crippen LogP contribution in [0.15, 0.2) is 58.5 Å². The van der Waals surface area contributed by atoms with Crippen molar-refractivity contribution in [3.05, 3.63) is 54.3 Å². The quantitative estimate of drug-likeness (QED) is 0.116. The van der Waals surface area contributed by atoms with Crippen molar-refractivity contribution in [2.75, 3.05) is 30.1 Å². The number of thioether (sulfide) groups is 1. The molecule has 0 atom stereocenters. The number of rotatable bonds is 12. The Hall–Kier alpha value is -2.45. The maximum absolute atomic E-state index is 14.1. The van der Waals surface area contributed by atoms with Gasteiger partial charge in [0.05, 0.1) is 40.2 Å². The van der Waals surface area contributed by atoms with Gasteiger partial charge in [0, 0.05) is 23.7 Å². The molecule has 0 radical (unpaired) electrons. The van der Waals surface area contributed by atoms with E-state index in [1.54, 1.807) is 13.0 Å². The van der Waals surface area contributed by atoms with Gasteiger partial charge in [-0.05, 0) is 51.1 Å². The Balaban J connectivity index is 2.19. The van der Waals surface area contributed by atoms with Crippen LogP contribution in [-0.2, 0) is 19.4 Å². The Bertz CT molecular complexity index is 1210. The second-order valence-electron chi connectivity index (χ2n) is 10.0. The van der Waals surface area contributed by atoms with E-state index in [0.29, 0.717) is 18.0 Å². The summed E-state index contributed by atoms with van der Waals surface area (Å²) in [6.07, 6.45) is 10.1. The van der Waals surface area contributed by atoms with E-state index < -0.39 is 15.8 Å². The van der Waals surface area contributed by atoms with E-state index in [9.17, 15) is 13.2 Å². The highest BCUT2D eigenvalue weighted by atomic mass is 32.2. The molecule has 1 aliphatic heterocycles. The normalized spacial score (nSPS) is 16.2. The average molecular weight is 560 g/mol. The molecule has 0 spiro atoms. The van der Waals surface area contributed by atoms with Gasteiger partial charge in [0.15, 0.2) is 9.84 Å². The number of carbonyl (C=O) groups excluding carboxylic acids is 1. The van der Waals surface area contributed by atoms with Crippen molar-refractivity contribution >= 4 is 38.9 Å². The van der Waals surface area contributed by atoms with Crippen LogP contribution in [0.5, 0.6) is 5.75 Å². The van der Waals surface area contributed by atoms with Crippen LogP contribution in [0, 0.1) is 12.3 Å². The molecule has 0 aromatic heterocycles. The first-order chi connectivity index (χ1) is 18.2. The number of nitrogens with zero attached hydrogens (tertiary/aromatic N) is 1. The van der Waals surface area contributed by atoms with E-state index in [2.05, 4.69) is 49.9 Å². The SMILES string of the molecule is CCCCC1(CCCC)CN(c2ccc(C)cc2)c2cc(SC)c(O/C=C/C(=O)OCC)cc2S(=O)(=O)C1. The third-order valence-electron chi connectivity index (χ3n) is 7.01. The van der Waals surface area contributed by atoms with Gasteiger partial charge in [0.2, 0.25) is 0 Å². The lowest BCUT2D eigenvalue weighted by molar-refractivity contribution is -0.137. The Morgan fingerprint density at radius 1 is 1.08 bits per heavy atom. The van der Waals surface area contributed by atoms with Crippen molar-refractivity contribution < 1.29 is 22.7 Å². The molecule has 0 fully saturated rings. The van der Waals surface area contributed by atoms with Crippen molar-refractivity contribution in [2.24, 2.45) is 5.41 Å². The molecule has 1 heterocycles. The Kier molecular flexibility index (Phi) is 10.7. The number of hydrogen-bond donors (Lipinski definition) is 0. The highest BCUT2D eigenvalue weighted by Crippen LogP contribution is 2.47. The minimum absolute atomic E-state index is 0.103. The number of sulfone groups is 1. The number of esters is 1. The maximum Gasteiger partial charge on any atom is 0.333 e. The molecule has 38 heavy (non-hydrogen) atoms. The zero-order chi connectivity index (χ0) is 27.8. The summed E-state index contributed by atoms with van der Waals surface area (Å²) >= 11 is 1.48. The van der Waals surface area contributed by atoms with Crippen LogP contribution in [-0.4, -0.2) is 39.5 Å². The fraction of sp³-hybridized carbons (Fsp3) is 0.500. The first kappa shape index (κ1) is 30.1. The maximum atomic E-state index is 14.1. The van der Waals surface area contributed by atoms with Gasteiger partial charge >= 0.3 is 5.97 Å². The smallest absolute Gasteiger partial charge is 0.333 e. The standard InChI is InChI=1S/C30H41NO5S2/c1-6-9-16-30(17-10-7-2)21-31(24-13-11-23(4)12-14-24)25-19-27(37-5)26(20-28(25)38(33,34)22-30)36-18-15-29(32)35-8-3/h11-15,18-20H,6-10,16-17,21-22H2,1-5H3/b18-15+. The van der Waals surface area contributed by atoms with Gasteiger partial charge in [-0.2, -0.15) is 0 Å². The first-order valence-corrected chi connectivity index (χ1v) is 16.3. The first-order valence-electron chi connectivity index (χ1n) is 13.5. The summed E-state index contributed by atoms with van der Waals surface area (Å²) in [5.41, 5.74) is 2.45. The van der Waals surface area contributed by atoms with Crippen LogP contribution in [0.25, 0.3) is 0 Å². The summed E-state index contributed by atoms with van der Waals surface area (Å²) in [6.45, 7) is 9.00. The Labute approximate surface area is 232 Å². The van der Waals surface area contributed by atoms with Crippen LogP contribution >= 0.6 is 11.8 Å². The van der Waals surface area contributed by atoms with E-state index in [1.807, 2.05) is 12.3 Å². The number of benzene rings is 2. The van der Waals surface area contributed by atoms with Crippen LogP contribution in [0.1, 0.15) is 64.9 Å². The molecule has 2 aromatic carbocycles. The highest BCUT2D eigenvalue weighted by molar-refractivity contribution is 7.98. The fourth-order valence-corrected chi connectivity index (χ4v) is 7.68. The molecule has 1 aliphatic rings. The molecule has 0 aliphatic carbocycles. The van der Waals surface area contributed by atoms with Crippen molar-refractivity contribution in [3.63, 3.8) is 0 Å². The van der Waals surface area contributed by atoms with Crippen LogP contribution in [0.2, 0.25) is 0 Å². The molecular formula is C30H41NO5S2. The van der Waals surface area contributed by atoms with Gasteiger partial charge in [-0.25, -0.2) is 13.2 Å². The minimum atomic E-state index is -3.64. The number of hydrogen-bond acceptors (Lipinski definition) is 7. The number of carbonyl (C=O) groups is 1. The molecule has 0 saturated heterocycles. The van der Waals surface area contributed by atoms with E-state index in [4.69, 9.17) is 9.47 Å². The van der Waals surface area contributed by atoms with Gasteiger partial charge in [0.1, 0.15) is 5.75 Å². The van der Waals surface area contributed by atoms with Crippen molar-refractivity contribution in [2.45, 2.75) is 76.0 Å².